The fourth-order valence-electron chi connectivity index (χ4n) is 4.15. The third-order valence-corrected chi connectivity index (χ3v) is 6.77. The molecule has 0 bridgehead atoms. The van der Waals surface area contributed by atoms with Crippen LogP contribution in [0.25, 0.3) is 0 Å². The van der Waals surface area contributed by atoms with Crippen molar-refractivity contribution in [2.75, 3.05) is 0 Å². The van der Waals surface area contributed by atoms with Gasteiger partial charge >= 0.3 is 0 Å². The number of rotatable bonds is 10. The Hall–Kier alpha value is -3.60. The van der Waals surface area contributed by atoms with E-state index in [0.717, 1.165) is 22.3 Å². The molecule has 2 amide bonds. The first-order valence-corrected chi connectivity index (χ1v) is 12.9. The van der Waals surface area contributed by atoms with E-state index in [1.165, 1.54) is 0 Å². The summed E-state index contributed by atoms with van der Waals surface area (Å²) in [5.41, 5.74) is 3.57. The summed E-state index contributed by atoms with van der Waals surface area (Å²) in [5.74, 6) is -0.367. The molecule has 1 N–H and O–H groups in total. The molecule has 1 atom stereocenters. The van der Waals surface area contributed by atoms with Gasteiger partial charge in [-0.3, -0.25) is 9.59 Å². The van der Waals surface area contributed by atoms with Crippen LogP contribution in [0.2, 0.25) is 10.0 Å². The van der Waals surface area contributed by atoms with E-state index in [0.29, 0.717) is 16.5 Å². The topological polar surface area (TPSA) is 49.4 Å². The zero-order valence-corrected chi connectivity index (χ0v) is 21.8. The number of amides is 2. The minimum absolute atomic E-state index is 0.130. The molecule has 0 radical (unpaired) electrons. The first-order chi connectivity index (χ1) is 18.0. The van der Waals surface area contributed by atoms with Gasteiger partial charge in [-0.2, -0.15) is 0 Å². The van der Waals surface area contributed by atoms with Gasteiger partial charge < -0.3 is 10.2 Å². The van der Waals surface area contributed by atoms with Gasteiger partial charge in [0.05, 0.1) is 6.42 Å². The SMILES string of the molecule is O=C(NCc1ccccc1Cl)C(Cc1ccccc1)N(Cc1ccc(Cl)cc1)C(=O)Cc1ccccc1. The Balaban J connectivity index is 1.64. The van der Waals surface area contributed by atoms with Crippen LogP contribution in [-0.2, 0) is 35.5 Å². The van der Waals surface area contributed by atoms with E-state index in [-0.39, 0.29) is 31.3 Å². The van der Waals surface area contributed by atoms with Crippen molar-refractivity contribution in [1.82, 2.24) is 10.2 Å². The van der Waals surface area contributed by atoms with Gasteiger partial charge in [-0.1, -0.05) is 114 Å². The average Bonchev–Trinajstić information content (AvgIpc) is 2.92. The van der Waals surface area contributed by atoms with Crippen molar-refractivity contribution in [3.05, 3.63) is 141 Å². The number of hydrogen-bond acceptors (Lipinski definition) is 2. The minimum Gasteiger partial charge on any atom is -0.350 e. The molecule has 0 saturated carbocycles. The van der Waals surface area contributed by atoms with Gasteiger partial charge in [-0.05, 0) is 40.5 Å². The Labute approximate surface area is 227 Å². The van der Waals surface area contributed by atoms with Gasteiger partial charge in [0, 0.05) is 29.6 Å². The van der Waals surface area contributed by atoms with Crippen molar-refractivity contribution >= 4 is 35.0 Å². The summed E-state index contributed by atoms with van der Waals surface area (Å²) >= 11 is 12.4. The minimum atomic E-state index is -0.725. The summed E-state index contributed by atoms with van der Waals surface area (Å²) in [5, 5.41) is 4.21. The normalized spacial score (nSPS) is 11.5. The van der Waals surface area contributed by atoms with Crippen molar-refractivity contribution in [2.24, 2.45) is 0 Å². The molecule has 0 saturated heterocycles. The van der Waals surface area contributed by atoms with E-state index >= 15 is 0 Å². The molecule has 4 rings (SSSR count). The van der Waals surface area contributed by atoms with E-state index in [2.05, 4.69) is 5.32 Å². The van der Waals surface area contributed by atoms with Crippen LogP contribution < -0.4 is 5.32 Å². The number of carbonyl (C=O) groups excluding carboxylic acids is 2. The first-order valence-electron chi connectivity index (χ1n) is 12.1. The van der Waals surface area contributed by atoms with Crippen molar-refractivity contribution in [2.45, 2.75) is 32.0 Å². The molecule has 0 aliphatic carbocycles. The lowest BCUT2D eigenvalue weighted by Crippen LogP contribution is -2.50. The molecule has 4 nitrogen and oxygen atoms in total. The molecule has 4 aromatic carbocycles. The largest absolute Gasteiger partial charge is 0.350 e. The summed E-state index contributed by atoms with van der Waals surface area (Å²) < 4.78 is 0. The average molecular weight is 531 g/mol. The van der Waals surface area contributed by atoms with Crippen molar-refractivity contribution < 1.29 is 9.59 Å². The first kappa shape index (κ1) is 26.5. The summed E-state index contributed by atoms with van der Waals surface area (Å²) in [6.45, 7) is 0.547. The molecule has 0 aliphatic heterocycles. The predicted molar refractivity (Wildman–Crippen MR) is 149 cm³/mol. The molecule has 188 valence electrons. The van der Waals surface area contributed by atoms with Gasteiger partial charge in [-0.25, -0.2) is 0 Å². The van der Waals surface area contributed by atoms with Crippen molar-refractivity contribution in [3.8, 4) is 0 Å². The highest BCUT2D eigenvalue weighted by atomic mass is 35.5. The Morgan fingerprint density at radius 3 is 1.95 bits per heavy atom. The zero-order valence-electron chi connectivity index (χ0n) is 20.3. The van der Waals surface area contributed by atoms with Crippen molar-refractivity contribution in [1.29, 1.82) is 0 Å². The highest BCUT2D eigenvalue weighted by molar-refractivity contribution is 6.31. The third kappa shape index (κ3) is 7.69. The Morgan fingerprint density at radius 1 is 0.703 bits per heavy atom. The molecule has 0 fully saturated rings. The van der Waals surface area contributed by atoms with Gasteiger partial charge in [0.1, 0.15) is 6.04 Å². The lowest BCUT2D eigenvalue weighted by atomic mass is 10.0. The van der Waals surface area contributed by atoms with Crippen molar-refractivity contribution in [3.63, 3.8) is 0 Å². The molecule has 6 heteroatoms. The molecular formula is C31H28Cl2N2O2. The van der Waals surface area contributed by atoms with Crippen LogP contribution in [0.1, 0.15) is 22.3 Å². The van der Waals surface area contributed by atoms with Crippen LogP contribution in [0.15, 0.2) is 109 Å². The zero-order chi connectivity index (χ0) is 26.0. The summed E-state index contributed by atoms with van der Waals surface area (Å²) in [6.07, 6.45) is 0.570. The molecule has 4 aromatic rings. The quantitative estimate of drug-likeness (QED) is 0.254. The van der Waals surface area contributed by atoms with Gasteiger partial charge in [0.2, 0.25) is 11.8 Å². The van der Waals surface area contributed by atoms with Gasteiger partial charge in [0.25, 0.3) is 0 Å². The van der Waals surface area contributed by atoms with E-state index in [9.17, 15) is 9.59 Å². The van der Waals surface area contributed by atoms with Crippen LogP contribution in [-0.4, -0.2) is 22.8 Å². The van der Waals surface area contributed by atoms with E-state index in [1.54, 1.807) is 23.1 Å². The number of nitrogens with one attached hydrogen (secondary N) is 1. The van der Waals surface area contributed by atoms with E-state index in [4.69, 9.17) is 23.2 Å². The Kier molecular flexibility index (Phi) is 9.36. The van der Waals surface area contributed by atoms with Crippen LogP contribution in [0.3, 0.4) is 0 Å². The highest BCUT2D eigenvalue weighted by Gasteiger charge is 2.30. The summed E-state index contributed by atoms with van der Waals surface area (Å²) in [7, 11) is 0. The number of halogens is 2. The Morgan fingerprint density at radius 2 is 1.30 bits per heavy atom. The second kappa shape index (κ2) is 13.1. The standard InChI is InChI=1S/C31H28Cl2N2O2/c32-27-17-15-25(16-18-27)22-35(30(36)20-24-11-5-2-6-12-24)29(19-23-9-3-1-4-10-23)31(37)34-21-26-13-7-8-14-28(26)33/h1-18,29H,19-22H2,(H,34,37). The second-order valence-electron chi connectivity index (χ2n) is 8.83. The third-order valence-electron chi connectivity index (χ3n) is 6.15. The molecular weight excluding hydrogens is 503 g/mol. The molecule has 0 spiro atoms. The molecule has 37 heavy (non-hydrogen) atoms. The second-order valence-corrected chi connectivity index (χ2v) is 9.67. The lowest BCUT2D eigenvalue weighted by Gasteiger charge is -2.32. The van der Waals surface area contributed by atoms with Crippen LogP contribution in [0, 0.1) is 0 Å². The number of carbonyl (C=O) groups is 2. The van der Waals surface area contributed by atoms with E-state index < -0.39 is 6.04 Å². The maximum atomic E-state index is 13.7. The molecule has 0 heterocycles. The smallest absolute Gasteiger partial charge is 0.243 e. The van der Waals surface area contributed by atoms with E-state index in [1.807, 2.05) is 91.0 Å². The van der Waals surface area contributed by atoms with Crippen LogP contribution in [0.5, 0.6) is 0 Å². The maximum Gasteiger partial charge on any atom is 0.243 e. The predicted octanol–water partition coefficient (Wildman–Crippen LogP) is 6.49. The monoisotopic (exact) mass is 530 g/mol. The fourth-order valence-corrected chi connectivity index (χ4v) is 4.48. The van der Waals surface area contributed by atoms with Gasteiger partial charge in [0.15, 0.2) is 0 Å². The molecule has 1 unspecified atom stereocenters. The van der Waals surface area contributed by atoms with Crippen LogP contribution in [0.4, 0.5) is 0 Å². The fraction of sp³-hybridized carbons (Fsp3) is 0.161. The lowest BCUT2D eigenvalue weighted by molar-refractivity contribution is -0.140. The molecule has 0 aliphatic rings. The summed E-state index contributed by atoms with van der Waals surface area (Å²) in [4.78, 5) is 29.1. The summed E-state index contributed by atoms with van der Waals surface area (Å²) in [6, 6.07) is 33.3. The number of nitrogens with zero attached hydrogens (tertiary/aromatic N) is 1. The number of benzene rings is 4. The highest BCUT2D eigenvalue weighted by Crippen LogP contribution is 2.19. The van der Waals surface area contributed by atoms with Gasteiger partial charge in [-0.15, -0.1) is 0 Å². The van der Waals surface area contributed by atoms with Crippen LogP contribution >= 0.6 is 23.2 Å². The Bertz CT molecular complexity index is 1310. The maximum absolute atomic E-state index is 13.7. The number of hydrogen-bond donors (Lipinski definition) is 1. The molecule has 0 aromatic heterocycles.